The molecule has 0 aliphatic heterocycles. The quantitative estimate of drug-likeness (QED) is 0.782. The third-order valence-corrected chi connectivity index (χ3v) is 3.41. The zero-order valence-electron chi connectivity index (χ0n) is 8.76. The molecule has 0 aromatic heterocycles. The van der Waals surface area contributed by atoms with E-state index in [1.807, 2.05) is 18.2 Å². The molecule has 1 aromatic carbocycles. The summed E-state index contributed by atoms with van der Waals surface area (Å²) in [6, 6.07) is 7.43. The van der Waals surface area contributed by atoms with Crippen molar-refractivity contribution in [3.63, 3.8) is 0 Å². The summed E-state index contributed by atoms with van der Waals surface area (Å²) in [5, 5.41) is 0.657. The van der Waals surface area contributed by atoms with Gasteiger partial charge in [0.05, 0.1) is 0 Å². The molecule has 0 radical (unpaired) electrons. The number of rotatable bonds is 1. The van der Waals surface area contributed by atoms with Gasteiger partial charge in [-0.1, -0.05) is 23.7 Å². The Balaban J connectivity index is 2.31. The summed E-state index contributed by atoms with van der Waals surface area (Å²) >= 11 is 5.91. The summed E-state index contributed by atoms with van der Waals surface area (Å²) in [7, 11) is 0. The number of benzene rings is 1. The van der Waals surface area contributed by atoms with E-state index in [2.05, 4.69) is 0 Å². The van der Waals surface area contributed by atoms with Gasteiger partial charge in [0, 0.05) is 17.0 Å². The molecular weight excluding hydrogens is 213 g/mol. The van der Waals surface area contributed by atoms with Crippen molar-refractivity contribution >= 4 is 11.6 Å². The number of nitrogens with two attached hydrogens (primary N) is 1. The van der Waals surface area contributed by atoms with Gasteiger partial charge in [-0.05, 0) is 37.5 Å². The molecule has 0 saturated heterocycles. The van der Waals surface area contributed by atoms with Crippen molar-refractivity contribution in [3.8, 4) is 0 Å². The third-order valence-electron chi connectivity index (χ3n) is 3.18. The van der Waals surface area contributed by atoms with E-state index >= 15 is 0 Å². The van der Waals surface area contributed by atoms with Crippen molar-refractivity contribution in [2.75, 3.05) is 0 Å². The van der Waals surface area contributed by atoms with E-state index in [-0.39, 0.29) is 0 Å². The van der Waals surface area contributed by atoms with Crippen LogP contribution in [-0.2, 0) is 5.54 Å². The summed E-state index contributed by atoms with van der Waals surface area (Å²) in [5.74, 6) is 0. The molecule has 2 unspecified atom stereocenters. The molecule has 82 valence electrons. The van der Waals surface area contributed by atoms with Crippen molar-refractivity contribution in [2.45, 2.75) is 37.4 Å². The maximum atomic E-state index is 13.8. The predicted octanol–water partition coefficient (Wildman–Crippen LogP) is 3.41. The molecule has 1 aromatic rings. The minimum absolute atomic E-state index is 0.375. The normalized spacial score (nSPS) is 35.7. The number of halogens is 2. The van der Waals surface area contributed by atoms with Crippen LogP contribution in [-0.4, -0.2) is 5.67 Å². The fourth-order valence-electron chi connectivity index (χ4n) is 2.36. The zero-order valence-corrected chi connectivity index (χ0v) is 9.52. The van der Waals surface area contributed by atoms with Crippen LogP contribution in [0, 0.1) is 0 Å². The van der Waals surface area contributed by atoms with Crippen LogP contribution < -0.4 is 5.73 Å². The summed E-state index contributed by atoms with van der Waals surface area (Å²) < 4.78 is 13.8. The highest BCUT2D eigenvalue weighted by molar-refractivity contribution is 6.30. The van der Waals surface area contributed by atoms with Gasteiger partial charge in [-0.25, -0.2) is 4.39 Å². The predicted molar refractivity (Wildman–Crippen MR) is 60.7 cm³/mol. The van der Waals surface area contributed by atoms with Crippen LogP contribution in [0.25, 0.3) is 0 Å². The fraction of sp³-hybridized carbons (Fsp3) is 0.500. The Morgan fingerprint density at radius 1 is 1.40 bits per heavy atom. The van der Waals surface area contributed by atoms with Crippen LogP contribution in [0.1, 0.15) is 31.7 Å². The maximum absolute atomic E-state index is 13.8. The molecule has 1 fully saturated rings. The molecule has 2 N–H and O–H groups in total. The lowest BCUT2D eigenvalue weighted by Gasteiger charge is -2.25. The number of alkyl halides is 1. The Labute approximate surface area is 94.4 Å². The van der Waals surface area contributed by atoms with Gasteiger partial charge in [-0.2, -0.15) is 0 Å². The molecule has 1 nitrogen and oxygen atoms in total. The van der Waals surface area contributed by atoms with E-state index < -0.39 is 11.2 Å². The first-order valence-electron chi connectivity index (χ1n) is 5.15. The first-order valence-corrected chi connectivity index (χ1v) is 5.53. The van der Waals surface area contributed by atoms with Gasteiger partial charge in [-0.15, -0.1) is 0 Å². The SMILES string of the molecule is CC1(F)CCC(N)(c2cccc(Cl)c2)C1. The van der Waals surface area contributed by atoms with Crippen molar-refractivity contribution in [1.29, 1.82) is 0 Å². The second kappa shape index (κ2) is 3.46. The van der Waals surface area contributed by atoms with Crippen molar-refractivity contribution in [2.24, 2.45) is 5.73 Å². The molecule has 1 aliphatic carbocycles. The van der Waals surface area contributed by atoms with E-state index in [4.69, 9.17) is 17.3 Å². The molecule has 2 atom stereocenters. The minimum Gasteiger partial charge on any atom is -0.321 e. The number of hydrogen-bond acceptors (Lipinski definition) is 1. The largest absolute Gasteiger partial charge is 0.321 e. The third kappa shape index (κ3) is 2.16. The Hall–Kier alpha value is -0.600. The Bertz CT molecular complexity index is 378. The Kier molecular flexibility index (Phi) is 2.52. The summed E-state index contributed by atoms with van der Waals surface area (Å²) in [6.07, 6.45) is 1.58. The molecule has 1 aliphatic rings. The van der Waals surface area contributed by atoms with Gasteiger partial charge >= 0.3 is 0 Å². The van der Waals surface area contributed by atoms with E-state index in [1.165, 1.54) is 0 Å². The van der Waals surface area contributed by atoms with Crippen molar-refractivity contribution < 1.29 is 4.39 Å². The van der Waals surface area contributed by atoms with Crippen LogP contribution in [0.15, 0.2) is 24.3 Å². The molecule has 0 spiro atoms. The highest BCUT2D eigenvalue weighted by atomic mass is 35.5. The van der Waals surface area contributed by atoms with Crippen LogP contribution >= 0.6 is 11.6 Å². The van der Waals surface area contributed by atoms with Gasteiger partial charge in [-0.3, -0.25) is 0 Å². The minimum atomic E-state index is -1.14. The lowest BCUT2D eigenvalue weighted by Crippen LogP contribution is -2.35. The van der Waals surface area contributed by atoms with E-state index in [1.54, 1.807) is 13.0 Å². The summed E-state index contributed by atoms with van der Waals surface area (Å²) in [5.41, 5.74) is 5.48. The first kappa shape index (κ1) is 10.9. The van der Waals surface area contributed by atoms with Gasteiger partial charge in [0.1, 0.15) is 5.67 Å². The van der Waals surface area contributed by atoms with Gasteiger partial charge < -0.3 is 5.73 Å². The first-order chi connectivity index (χ1) is 6.91. The molecule has 0 bridgehead atoms. The van der Waals surface area contributed by atoms with Gasteiger partial charge in [0.2, 0.25) is 0 Å². The fourth-order valence-corrected chi connectivity index (χ4v) is 2.55. The molecule has 0 heterocycles. The smallest absolute Gasteiger partial charge is 0.110 e. The second-order valence-corrected chi connectivity index (χ2v) is 5.19. The van der Waals surface area contributed by atoms with Gasteiger partial charge in [0.15, 0.2) is 0 Å². The van der Waals surface area contributed by atoms with E-state index in [0.29, 0.717) is 24.3 Å². The maximum Gasteiger partial charge on any atom is 0.110 e. The summed E-state index contributed by atoms with van der Waals surface area (Å²) in [4.78, 5) is 0. The molecule has 1 saturated carbocycles. The Morgan fingerprint density at radius 2 is 2.13 bits per heavy atom. The molecular formula is C12H15ClFN. The number of hydrogen-bond donors (Lipinski definition) is 1. The lowest BCUT2D eigenvalue weighted by atomic mass is 9.88. The van der Waals surface area contributed by atoms with Crippen molar-refractivity contribution in [3.05, 3.63) is 34.9 Å². The molecule has 0 amide bonds. The highest BCUT2D eigenvalue weighted by Crippen LogP contribution is 2.44. The van der Waals surface area contributed by atoms with E-state index in [9.17, 15) is 4.39 Å². The van der Waals surface area contributed by atoms with E-state index in [0.717, 1.165) is 5.56 Å². The zero-order chi connectivity index (χ0) is 11.1. The standard InChI is InChI=1S/C12H15ClFN/c1-11(14)5-6-12(15,8-11)9-3-2-4-10(13)7-9/h2-4,7H,5-6,8,15H2,1H3. The topological polar surface area (TPSA) is 26.0 Å². The van der Waals surface area contributed by atoms with Crippen molar-refractivity contribution in [1.82, 2.24) is 0 Å². The van der Waals surface area contributed by atoms with Crippen LogP contribution in [0.3, 0.4) is 0 Å². The van der Waals surface area contributed by atoms with Crippen LogP contribution in [0.4, 0.5) is 4.39 Å². The van der Waals surface area contributed by atoms with Crippen LogP contribution in [0.2, 0.25) is 5.02 Å². The highest BCUT2D eigenvalue weighted by Gasteiger charge is 2.44. The molecule has 3 heteroatoms. The van der Waals surface area contributed by atoms with Crippen LogP contribution in [0.5, 0.6) is 0 Å². The summed E-state index contributed by atoms with van der Waals surface area (Å²) in [6.45, 7) is 1.62. The lowest BCUT2D eigenvalue weighted by molar-refractivity contribution is 0.187. The molecule has 2 rings (SSSR count). The molecule has 15 heavy (non-hydrogen) atoms. The monoisotopic (exact) mass is 227 g/mol. The second-order valence-electron chi connectivity index (χ2n) is 4.76. The average molecular weight is 228 g/mol. The Morgan fingerprint density at radius 3 is 2.67 bits per heavy atom. The van der Waals surface area contributed by atoms with Gasteiger partial charge in [0.25, 0.3) is 0 Å². The average Bonchev–Trinajstić information content (AvgIpc) is 2.42.